The fraction of sp³-hybridized carbons (Fsp3) is 0.308. The van der Waals surface area contributed by atoms with E-state index in [-0.39, 0.29) is 17.2 Å². The van der Waals surface area contributed by atoms with Crippen molar-refractivity contribution in [3.05, 3.63) is 79.5 Å². The molecule has 1 fully saturated rings. The number of aromatic nitrogens is 4. The molecular formula is C26H21ClF5N5O2S. The standard InChI is InChI=1S/C26H21ClF5N5O2S/c1-35-21(23-17(28)3-2-4-18(23)29)10-19(34-35)20-13-40-24(33-20)14-5-7-36(8-6-14)22(38)12-37-11-15(26(30,31)32)9-16(27)25(37)39/h2-4,9-11,13-14H,5-8,12H2,1H3. The number of hydrogen-bond acceptors (Lipinski definition) is 5. The highest BCUT2D eigenvalue weighted by molar-refractivity contribution is 7.10. The van der Waals surface area contributed by atoms with Crippen molar-refractivity contribution in [1.29, 1.82) is 0 Å². The molecule has 1 aliphatic heterocycles. The summed E-state index contributed by atoms with van der Waals surface area (Å²) in [7, 11) is 1.59. The van der Waals surface area contributed by atoms with E-state index in [4.69, 9.17) is 11.6 Å². The van der Waals surface area contributed by atoms with Crippen LogP contribution < -0.4 is 5.56 Å². The van der Waals surface area contributed by atoms with Crippen LogP contribution in [0.4, 0.5) is 22.0 Å². The van der Waals surface area contributed by atoms with Crippen molar-refractivity contribution in [3.63, 3.8) is 0 Å². The number of nitrogens with zero attached hydrogens (tertiary/aromatic N) is 5. The first-order valence-corrected chi connectivity index (χ1v) is 13.4. The summed E-state index contributed by atoms with van der Waals surface area (Å²) in [6, 6.07) is 5.76. The molecule has 0 spiro atoms. The maximum Gasteiger partial charge on any atom is 0.417 e. The van der Waals surface area contributed by atoms with E-state index >= 15 is 0 Å². The summed E-state index contributed by atoms with van der Waals surface area (Å²) >= 11 is 7.09. The van der Waals surface area contributed by atoms with E-state index in [1.54, 1.807) is 18.5 Å². The number of piperidine rings is 1. The molecule has 0 N–H and O–H groups in total. The number of amides is 1. The second-order valence-corrected chi connectivity index (χ2v) is 10.7. The Morgan fingerprint density at radius 1 is 1.12 bits per heavy atom. The number of carbonyl (C=O) groups is 1. The topological polar surface area (TPSA) is 73.0 Å². The highest BCUT2D eigenvalue weighted by atomic mass is 35.5. The maximum atomic E-state index is 14.3. The minimum Gasteiger partial charge on any atom is -0.341 e. The van der Waals surface area contributed by atoms with Gasteiger partial charge in [0.2, 0.25) is 5.91 Å². The molecule has 40 heavy (non-hydrogen) atoms. The van der Waals surface area contributed by atoms with Crippen molar-refractivity contribution in [3.8, 4) is 22.6 Å². The fourth-order valence-corrected chi connectivity index (χ4v) is 5.87. The number of pyridine rings is 1. The third kappa shape index (κ3) is 5.52. The zero-order valence-corrected chi connectivity index (χ0v) is 22.5. The van der Waals surface area contributed by atoms with Crippen molar-refractivity contribution in [1.82, 2.24) is 24.2 Å². The van der Waals surface area contributed by atoms with Crippen LogP contribution in [-0.4, -0.2) is 43.2 Å². The molecule has 0 bridgehead atoms. The number of hydrogen-bond donors (Lipinski definition) is 0. The van der Waals surface area contributed by atoms with Crippen LogP contribution in [0.25, 0.3) is 22.6 Å². The lowest BCUT2D eigenvalue weighted by molar-refractivity contribution is -0.139. The summed E-state index contributed by atoms with van der Waals surface area (Å²) in [5.41, 5.74) is -0.872. The minimum absolute atomic E-state index is 0.0284. The summed E-state index contributed by atoms with van der Waals surface area (Å²) < 4.78 is 70.0. The molecule has 210 valence electrons. The summed E-state index contributed by atoms with van der Waals surface area (Å²) in [6.07, 6.45) is -2.99. The highest BCUT2D eigenvalue weighted by Crippen LogP contribution is 2.35. The number of likely N-dealkylation sites (tertiary alicyclic amines) is 1. The van der Waals surface area contributed by atoms with Crippen LogP contribution in [0.15, 0.2) is 46.7 Å². The van der Waals surface area contributed by atoms with Crippen LogP contribution in [0.3, 0.4) is 0 Å². The summed E-state index contributed by atoms with van der Waals surface area (Å²) in [6.45, 7) is 0.111. The van der Waals surface area contributed by atoms with Crippen LogP contribution in [0.2, 0.25) is 5.02 Å². The molecule has 0 unspecified atom stereocenters. The first kappa shape index (κ1) is 28.0. The Morgan fingerprint density at radius 3 is 2.45 bits per heavy atom. The van der Waals surface area contributed by atoms with E-state index in [2.05, 4.69) is 10.1 Å². The van der Waals surface area contributed by atoms with Crippen LogP contribution in [-0.2, 0) is 24.6 Å². The van der Waals surface area contributed by atoms with E-state index < -0.39 is 46.4 Å². The van der Waals surface area contributed by atoms with Gasteiger partial charge in [-0.1, -0.05) is 17.7 Å². The second-order valence-electron chi connectivity index (χ2n) is 9.37. The van der Waals surface area contributed by atoms with Gasteiger partial charge in [0.1, 0.15) is 34.6 Å². The lowest BCUT2D eigenvalue weighted by Crippen LogP contribution is -2.41. The van der Waals surface area contributed by atoms with Gasteiger partial charge >= 0.3 is 6.18 Å². The minimum atomic E-state index is -4.71. The van der Waals surface area contributed by atoms with Gasteiger partial charge in [-0.3, -0.25) is 14.3 Å². The van der Waals surface area contributed by atoms with E-state index in [9.17, 15) is 31.5 Å². The van der Waals surface area contributed by atoms with Gasteiger partial charge in [0.25, 0.3) is 5.56 Å². The number of benzene rings is 1. The van der Waals surface area contributed by atoms with Gasteiger partial charge in [-0.05, 0) is 37.1 Å². The molecule has 5 rings (SSSR count). The summed E-state index contributed by atoms with van der Waals surface area (Å²) in [4.78, 5) is 31.2. The average molecular weight is 598 g/mol. The molecule has 4 aromatic rings. The molecule has 0 saturated carbocycles. The molecule has 0 atom stereocenters. The van der Waals surface area contributed by atoms with Gasteiger partial charge in [-0.2, -0.15) is 18.3 Å². The van der Waals surface area contributed by atoms with Crippen molar-refractivity contribution >= 4 is 28.8 Å². The SMILES string of the molecule is Cn1nc(-c2csc(C3CCN(C(=O)Cn4cc(C(F)(F)F)cc(Cl)c4=O)CC3)n2)cc1-c1c(F)cccc1F. The molecule has 1 aromatic carbocycles. The first-order chi connectivity index (χ1) is 18.9. The van der Waals surface area contributed by atoms with E-state index in [1.807, 2.05) is 0 Å². The Bertz CT molecular complexity index is 1620. The van der Waals surface area contributed by atoms with Crippen molar-refractivity contribution in [2.75, 3.05) is 13.1 Å². The quantitative estimate of drug-likeness (QED) is 0.276. The van der Waals surface area contributed by atoms with Crippen LogP contribution in [0.1, 0.15) is 29.3 Å². The monoisotopic (exact) mass is 597 g/mol. The first-order valence-electron chi connectivity index (χ1n) is 12.1. The molecule has 14 heteroatoms. The third-order valence-electron chi connectivity index (χ3n) is 6.76. The van der Waals surface area contributed by atoms with Gasteiger partial charge in [0, 0.05) is 37.6 Å². The molecule has 4 heterocycles. The van der Waals surface area contributed by atoms with Crippen LogP contribution >= 0.6 is 22.9 Å². The number of alkyl halides is 3. The van der Waals surface area contributed by atoms with E-state index in [1.165, 1.54) is 39.1 Å². The van der Waals surface area contributed by atoms with E-state index in [0.29, 0.717) is 54.1 Å². The number of thiazole rings is 1. The summed E-state index contributed by atoms with van der Waals surface area (Å²) in [5.74, 6) is -1.86. The average Bonchev–Trinajstić information content (AvgIpc) is 3.53. The van der Waals surface area contributed by atoms with Crippen molar-refractivity contribution in [2.24, 2.45) is 7.05 Å². The molecule has 0 radical (unpaired) electrons. The zero-order valence-electron chi connectivity index (χ0n) is 20.9. The predicted molar refractivity (Wildman–Crippen MR) is 139 cm³/mol. The Morgan fingerprint density at radius 2 is 1.80 bits per heavy atom. The Balaban J connectivity index is 1.25. The number of aryl methyl sites for hydroxylation is 1. The predicted octanol–water partition coefficient (Wildman–Crippen LogP) is 5.73. The molecule has 1 aliphatic rings. The fourth-order valence-electron chi connectivity index (χ4n) is 4.65. The Hall–Kier alpha value is -3.58. The van der Waals surface area contributed by atoms with Crippen molar-refractivity contribution < 1.29 is 26.7 Å². The molecular weight excluding hydrogens is 577 g/mol. The zero-order chi connectivity index (χ0) is 28.8. The summed E-state index contributed by atoms with van der Waals surface area (Å²) in [5, 5.41) is 6.38. The van der Waals surface area contributed by atoms with Crippen LogP contribution in [0.5, 0.6) is 0 Å². The van der Waals surface area contributed by atoms with E-state index in [0.717, 1.165) is 5.01 Å². The normalized spacial score (nSPS) is 14.6. The Kier molecular flexibility index (Phi) is 7.53. The van der Waals surface area contributed by atoms with Gasteiger partial charge in [-0.25, -0.2) is 13.8 Å². The number of rotatable bonds is 5. The largest absolute Gasteiger partial charge is 0.417 e. The molecule has 0 aliphatic carbocycles. The lowest BCUT2D eigenvalue weighted by atomic mass is 9.97. The van der Waals surface area contributed by atoms with Gasteiger partial charge in [0.05, 0.1) is 21.8 Å². The van der Waals surface area contributed by atoms with Crippen molar-refractivity contribution in [2.45, 2.75) is 31.5 Å². The second kappa shape index (κ2) is 10.8. The number of carbonyl (C=O) groups excluding carboxylic acids is 1. The van der Waals surface area contributed by atoms with Gasteiger partial charge in [-0.15, -0.1) is 11.3 Å². The Labute approximate surface area is 233 Å². The molecule has 1 amide bonds. The smallest absolute Gasteiger partial charge is 0.341 e. The maximum absolute atomic E-state index is 14.3. The third-order valence-corrected chi connectivity index (χ3v) is 8.03. The molecule has 3 aromatic heterocycles. The number of halogens is 6. The van der Waals surface area contributed by atoms with Gasteiger partial charge < -0.3 is 9.47 Å². The van der Waals surface area contributed by atoms with Gasteiger partial charge in [0.15, 0.2) is 0 Å². The lowest BCUT2D eigenvalue weighted by Gasteiger charge is -2.31. The van der Waals surface area contributed by atoms with Crippen LogP contribution in [0, 0.1) is 11.6 Å². The molecule has 7 nitrogen and oxygen atoms in total. The molecule has 1 saturated heterocycles. The highest BCUT2D eigenvalue weighted by Gasteiger charge is 2.33.